The first-order valence-electron chi connectivity index (χ1n) is 5.19. The molecule has 19 heavy (non-hydrogen) atoms. The van der Waals surface area contributed by atoms with E-state index >= 15 is 0 Å². The Labute approximate surface area is 115 Å². The molecule has 0 atom stereocenters. The number of anilines is 1. The Bertz CT molecular complexity index is 646. The first-order valence-corrected chi connectivity index (χ1v) is 5.98. The Hall–Kier alpha value is -1.82. The van der Waals surface area contributed by atoms with E-state index in [1.807, 2.05) is 0 Å². The molecule has 0 aliphatic rings. The van der Waals surface area contributed by atoms with Crippen molar-refractivity contribution in [1.82, 2.24) is 0 Å². The molecule has 0 saturated heterocycles. The molecule has 6 heteroatoms. The summed E-state index contributed by atoms with van der Waals surface area (Å²) in [5, 5.41) is 2.39. The molecule has 0 aliphatic heterocycles. The van der Waals surface area contributed by atoms with Crippen molar-refractivity contribution in [3.05, 3.63) is 63.9 Å². The van der Waals surface area contributed by atoms with E-state index in [1.54, 1.807) is 0 Å². The van der Waals surface area contributed by atoms with Crippen LogP contribution >= 0.6 is 15.9 Å². The molecule has 0 spiro atoms. The van der Waals surface area contributed by atoms with Crippen LogP contribution in [0.25, 0.3) is 0 Å². The van der Waals surface area contributed by atoms with E-state index < -0.39 is 23.4 Å². The third-order valence-electron chi connectivity index (χ3n) is 2.35. The summed E-state index contributed by atoms with van der Waals surface area (Å²) < 4.78 is 38.9. The summed E-state index contributed by atoms with van der Waals surface area (Å²) in [4.78, 5) is 11.9. The monoisotopic (exact) mass is 329 g/mol. The molecular weight excluding hydrogens is 323 g/mol. The molecule has 1 N–H and O–H groups in total. The van der Waals surface area contributed by atoms with Crippen molar-refractivity contribution in [1.29, 1.82) is 0 Å². The fourth-order valence-electron chi connectivity index (χ4n) is 1.45. The Balaban J connectivity index is 2.23. The quantitative estimate of drug-likeness (QED) is 0.882. The van der Waals surface area contributed by atoms with Gasteiger partial charge in [0.15, 0.2) is 11.6 Å². The number of nitrogens with one attached hydrogen (secondary N) is 1. The maximum absolute atomic E-state index is 13.0. The average Bonchev–Trinajstić information content (AvgIpc) is 2.33. The van der Waals surface area contributed by atoms with Gasteiger partial charge in [-0.25, -0.2) is 13.2 Å². The SMILES string of the molecule is O=C(Nc1ccc(F)c(F)c1)c1ccc(F)cc1Br. The van der Waals surface area contributed by atoms with Crippen LogP contribution in [0.4, 0.5) is 18.9 Å². The van der Waals surface area contributed by atoms with Gasteiger partial charge in [0.25, 0.3) is 5.91 Å². The largest absolute Gasteiger partial charge is 0.322 e. The van der Waals surface area contributed by atoms with Crippen molar-refractivity contribution in [3.63, 3.8) is 0 Å². The second-order valence-corrected chi connectivity index (χ2v) is 4.56. The van der Waals surface area contributed by atoms with Gasteiger partial charge in [0.2, 0.25) is 0 Å². The number of halogens is 4. The summed E-state index contributed by atoms with van der Waals surface area (Å²) in [5.41, 5.74) is 0.297. The third kappa shape index (κ3) is 3.14. The summed E-state index contributed by atoms with van der Waals surface area (Å²) in [7, 11) is 0. The molecule has 98 valence electrons. The number of hydrogen-bond donors (Lipinski definition) is 1. The zero-order valence-electron chi connectivity index (χ0n) is 9.38. The number of carbonyl (C=O) groups is 1. The molecule has 0 heterocycles. The fourth-order valence-corrected chi connectivity index (χ4v) is 1.98. The molecule has 0 unspecified atom stereocenters. The lowest BCUT2D eigenvalue weighted by atomic mass is 10.2. The lowest BCUT2D eigenvalue weighted by Crippen LogP contribution is -2.13. The van der Waals surface area contributed by atoms with Gasteiger partial charge in [0, 0.05) is 16.2 Å². The van der Waals surface area contributed by atoms with Gasteiger partial charge in [0.05, 0.1) is 5.56 Å². The second-order valence-electron chi connectivity index (χ2n) is 3.71. The minimum absolute atomic E-state index is 0.111. The Morgan fingerprint density at radius 2 is 1.74 bits per heavy atom. The van der Waals surface area contributed by atoms with Gasteiger partial charge in [-0.15, -0.1) is 0 Å². The normalized spacial score (nSPS) is 10.3. The number of amides is 1. The average molecular weight is 330 g/mol. The second kappa shape index (κ2) is 5.44. The topological polar surface area (TPSA) is 29.1 Å². The summed E-state index contributed by atoms with van der Waals surface area (Å²) in [6.07, 6.45) is 0. The van der Waals surface area contributed by atoms with E-state index in [4.69, 9.17) is 0 Å². The van der Waals surface area contributed by atoms with Gasteiger partial charge in [-0.3, -0.25) is 4.79 Å². The minimum atomic E-state index is -1.06. The molecule has 2 aromatic rings. The molecule has 0 aromatic heterocycles. The van der Waals surface area contributed by atoms with Crippen molar-refractivity contribution >= 4 is 27.5 Å². The molecule has 0 bridgehead atoms. The van der Waals surface area contributed by atoms with Crippen LogP contribution in [-0.2, 0) is 0 Å². The first kappa shape index (κ1) is 13.6. The van der Waals surface area contributed by atoms with Gasteiger partial charge in [-0.1, -0.05) is 0 Å². The summed E-state index contributed by atoms with van der Waals surface area (Å²) in [6.45, 7) is 0. The smallest absolute Gasteiger partial charge is 0.256 e. The zero-order chi connectivity index (χ0) is 14.0. The molecule has 0 radical (unpaired) electrons. The maximum atomic E-state index is 13.0. The predicted octanol–water partition coefficient (Wildman–Crippen LogP) is 4.12. The predicted molar refractivity (Wildman–Crippen MR) is 68.4 cm³/mol. The van der Waals surface area contributed by atoms with Crippen molar-refractivity contribution in [2.45, 2.75) is 0 Å². The van der Waals surface area contributed by atoms with E-state index in [1.165, 1.54) is 12.1 Å². The van der Waals surface area contributed by atoms with E-state index in [-0.39, 0.29) is 15.7 Å². The molecule has 2 nitrogen and oxygen atoms in total. The molecular formula is C13H7BrF3NO. The molecule has 0 fully saturated rings. The highest BCUT2D eigenvalue weighted by Crippen LogP contribution is 2.20. The Kier molecular flexibility index (Phi) is 3.90. The van der Waals surface area contributed by atoms with Crippen LogP contribution in [0.15, 0.2) is 40.9 Å². The molecule has 2 aromatic carbocycles. The fraction of sp³-hybridized carbons (Fsp3) is 0. The van der Waals surface area contributed by atoms with E-state index in [2.05, 4.69) is 21.2 Å². The summed E-state index contributed by atoms with van der Waals surface area (Å²) >= 11 is 3.05. The molecule has 0 aliphatic carbocycles. The minimum Gasteiger partial charge on any atom is -0.322 e. The van der Waals surface area contributed by atoms with Crippen LogP contribution in [0.5, 0.6) is 0 Å². The number of carbonyl (C=O) groups excluding carboxylic acids is 1. The third-order valence-corrected chi connectivity index (χ3v) is 3.01. The Morgan fingerprint density at radius 3 is 2.37 bits per heavy atom. The lowest BCUT2D eigenvalue weighted by Gasteiger charge is -2.07. The van der Waals surface area contributed by atoms with E-state index in [0.717, 1.165) is 24.3 Å². The number of rotatable bonds is 2. The zero-order valence-corrected chi connectivity index (χ0v) is 11.0. The van der Waals surface area contributed by atoms with Crippen molar-refractivity contribution in [3.8, 4) is 0 Å². The molecule has 1 amide bonds. The standard InChI is InChI=1S/C13H7BrF3NO/c14-10-5-7(15)1-3-9(10)13(19)18-8-2-4-11(16)12(17)6-8/h1-6H,(H,18,19). The highest BCUT2D eigenvalue weighted by molar-refractivity contribution is 9.10. The van der Waals surface area contributed by atoms with Crippen LogP contribution in [0.2, 0.25) is 0 Å². The van der Waals surface area contributed by atoms with E-state index in [9.17, 15) is 18.0 Å². The van der Waals surface area contributed by atoms with Crippen molar-refractivity contribution < 1.29 is 18.0 Å². The van der Waals surface area contributed by atoms with Crippen molar-refractivity contribution in [2.75, 3.05) is 5.32 Å². The van der Waals surface area contributed by atoms with Crippen molar-refractivity contribution in [2.24, 2.45) is 0 Å². The highest BCUT2D eigenvalue weighted by Gasteiger charge is 2.12. The maximum Gasteiger partial charge on any atom is 0.256 e. The number of benzene rings is 2. The van der Waals surface area contributed by atoms with Crippen LogP contribution in [0.3, 0.4) is 0 Å². The van der Waals surface area contributed by atoms with Crippen LogP contribution in [0.1, 0.15) is 10.4 Å². The van der Waals surface area contributed by atoms with Gasteiger partial charge in [-0.2, -0.15) is 0 Å². The Morgan fingerprint density at radius 1 is 1.00 bits per heavy atom. The van der Waals surface area contributed by atoms with Gasteiger partial charge >= 0.3 is 0 Å². The first-order chi connectivity index (χ1) is 8.97. The highest BCUT2D eigenvalue weighted by atomic mass is 79.9. The van der Waals surface area contributed by atoms with Gasteiger partial charge in [-0.05, 0) is 46.3 Å². The molecule has 2 rings (SSSR count). The summed E-state index contributed by atoms with van der Waals surface area (Å²) in [6, 6.07) is 6.56. The number of hydrogen-bond acceptors (Lipinski definition) is 1. The lowest BCUT2D eigenvalue weighted by molar-refractivity contribution is 0.102. The van der Waals surface area contributed by atoms with Gasteiger partial charge < -0.3 is 5.32 Å². The van der Waals surface area contributed by atoms with Crippen LogP contribution in [0, 0.1) is 17.5 Å². The van der Waals surface area contributed by atoms with E-state index in [0.29, 0.717) is 0 Å². The van der Waals surface area contributed by atoms with Gasteiger partial charge in [0.1, 0.15) is 5.82 Å². The van der Waals surface area contributed by atoms with Crippen LogP contribution in [-0.4, -0.2) is 5.91 Å². The summed E-state index contributed by atoms with van der Waals surface area (Å²) in [5.74, 6) is -3.11. The van der Waals surface area contributed by atoms with Crippen LogP contribution < -0.4 is 5.32 Å². The molecule has 0 saturated carbocycles.